The van der Waals surface area contributed by atoms with E-state index in [9.17, 15) is 0 Å². The molecule has 9 heavy (non-hydrogen) atoms. The number of hydrogen-bond acceptors (Lipinski definition) is 2. The molecule has 0 aliphatic rings. The Bertz CT molecular complexity index is 193. The third-order valence-corrected chi connectivity index (χ3v) is 1.43. The molecule has 0 saturated heterocycles. The van der Waals surface area contributed by atoms with Gasteiger partial charge in [0.25, 0.3) is 0 Å². The SMILES string of the molecule is C[C@H](O)c1ccc(Br)o1. The van der Waals surface area contributed by atoms with Crippen LogP contribution < -0.4 is 0 Å². The van der Waals surface area contributed by atoms with E-state index < -0.39 is 6.10 Å². The number of halogens is 1. The van der Waals surface area contributed by atoms with Crippen LogP contribution in [0.3, 0.4) is 0 Å². The highest BCUT2D eigenvalue weighted by Gasteiger charge is 2.03. The van der Waals surface area contributed by atoms with Crippen molar-refractivity contribution in [1.29, 1.82) is 0 Å². The van der Waals surface area contributed by atoms with E-state index in [0.29, 0.717) is 10.4 Å². The van der Waals surface area contributed by atoms with Gasteiger partial charge >= 0.3 is 0 Å². The van der Waals surface area contributed by atoms with Crippen LogP contribution in [0.5, 0.6) is 0 Å². The maximum Gasteiger partial charge on any atom is 0.169 e. The van der Waals surface area contributed by atoms with Crippen molar-refractivity contribution in [3.63, 3.8) is 0 Å². The van der Waals surface area contributed by atoms with Gasteiger partial charge in [0.2, 0.25) is 0 Å². The Balaban J connectivity index is 2.85. The van der Waals surface area contributed by atoms with Gasteiger partial charge in [0.15, 0.2) is 4.67 Å². The zero-order valence-electron chi connectivity index (χ0n) is 4.97. The van der Waals surface area contributed by atoms with Crippen LogP contribution in [0.25, 0.3) is 0 Å². The minimum Gasteiger partial charge on any atom is -0.452 e. The van der Waals surface area contributed by atoms with Gasteiger partial charge in [-0.3, -0.25) is 0 Å². The average molecular weight is 191 g/mol. The molecule has 0 aliphatic carbocycles. The Labute approximate surface area is 61.6 Å². The lowest BCUT2D eigenvalue weighted by molar-refractivity contribution is 0.168. The van der Waals surface area contributed by atoms with Gasteiger partial charge in [0.1, 0.15) is 11.9 Å². The lowest BCUT2D eigenvalue weighted by Crippen LogP contribution is -1.84. The maximum atomic E-state index is 8.92. The molecule has 1 aromatic heterocycles. The average Bonchev–Trinajstić information content (AvgIpc) is 2.14. The van der Waals surface area contributed by atoms with Crippen molar-refractivity contribution in [2.75, 3.05) is 0 Å². The molecule has 0 saturated carbocycles. The molecule has 1 aromatic rings. The predicted octanol–water partition coefficient (Wildman–Crippen LogP) is 2.10. The van der Waals surface area contributed by atoms with E-state index in [4.69, 9.17) is 9.52 Å². The standard InChI is InChI=1S/C6H7BrO2/c1-4(8)5-2-3-6(7)9-5/h2-4,8H,1H3/t4-/m0/s1. The normalized spacial score (nSPS) is 13.7. The number of aliphatic hydroxyl groups excluding tert-OH is 1. The first-order valence-corrected chi connectivity index (χ1v) is 3.43. The fourth-order valence-electron chi connectivity index (χ4n) is 0.553. The molecule has 0 amide bonds. The fraction of sp³-hybridized carbons (Fsp3) is 0.333. The first kappa shape index (κ1) is 6.83. The predicted molar refractivity (Wildman–Crippen MR) is 37.0 cm³/mol. The minimum atomic E-state index is -0.517. The molecule has 0 radical (unpaired) electrons. The molecule has 0 aliphatic heterocycles. The summed E-state index contributed by atoms with van der Waals surface area (Å²) >= 11 is 3.12. The monoisotopic (exact) mass is 190 g/mol. The Morgan fingerprint density at radius 1 is 1.67 bits per heavy atom. The number of furan rings is 1. The molecule has 1 rings (SSSR count). The Kier molecular flexibility index (Phi) is 1.93. The van der Waals surface area contributed by atoms with E-state index in [1.165, 1.54) is 0 Å². The zero-order valence-corrected chi connectivity index (χ0v) is 6.55. The van der Waals surface area contributed by atoms with Crippen LogP contribution in [0, 0.1) is 0 Å². The summed E-state index contributed by atoms with van der Waals surface area (Å²) < 4.78 is 5.66. The lowest BCUT2D eigenvalue weighted by Gasteiger charge is -1.95. The van der Waals surface area contributed by atoms with Crippen LogP contribution in [0.15, 0.2) is 21.2 Å². The second-order valence-electron chi connectivity index (χ2n) is 1.82. The molecular weight excluding hydrogens is 184 g/mol. The van der Waals surface area contributed by atoms with Gasteiger partial charge in [-0.2, -0.15) is 0 Å². The summed E-state index contributed by atoms with van der Waals surface area (Å²) in [5, 5.41) is 8.92. The van der Waals surface area contributed by atoms with Gasteiger partial charge in [0.05, 0.1) is 0 Å². The Morgan fingerprint density at radius 3 is 2.56 bits per heavy atom. The van der Waals surface area contributed by atoms with E-state index >= 15 is 0 Å². The van der Waals surface area contributed by atoms with Gasteiger partial charge in [0, 0.05) is 0 Å². The molecule has 0 bridgehead atoms. The van der Waals surface area contributed by atoms with Crippen LogP contribution in [-0.4, -0.2) is 5.11 Å². The summed E-state index contributed by atoms with van der Waals surface area (Å²) in [7, 11) is 0. The van der Waals surface area contributed by atoms with Crippen LogP contribution in [-0.2, 0) is 0 Å². The van der Waals surface area contributed by atoms with E-state index in [2.05, 4.69) is 15.9 Å². The third-order valence-electron chi connectivity index (χ3n) is 1.01. The van der Waals surface area contributed by atoms with Gasteiger partial charge in [-0.25, -0.2) is 0 Å². The van der Waals surface area contributed by atoms with Gasteiger partial charge in [-0.1, -0.05) is 0 Å². The lowest BCUT2D eigenvalue weighted by atomic mass is 10.3. The zero-order chi connectivity index (χ0) is 6.85. The summed E-state index contributed by atoms with van der Waals surface area (Å²) in [4.78, 5) is 0. The van der Waals surface area contributed by atoms with Crippen molar-refractivity contribution in [2.45, 2.75) is 13.0 Å². The van der Waals surface area contributed by atoms with Crippen molar-refractivity contribution in [2.24, 2.45) is 0 Å². The van der Waals surface area contributed by atoms with Gasteiger partial charge < -0.3 is 9.52 Å². The van der Waals surface area contributed by atoms with E-state index in [1.807, 2.05) is 0 Å². The topological polar surface area (TPSA) is 33.4 Å². The molecular formula is C6H7BrO2. The van der Waals surface area contributed by atoms with Crippen LogP contribution in [0.1, 0.15) is 18.8 Å². The second kappa shape index (κ2) is 2.54. The molecule has 2 nitrogen and oxygen atoms in total. The van der Waals surface area contributed by atoms with E-state index in [0.717, 1.165) is 0 Å². The summed E-state index contributed by atoms with van der Waals surface area (Å²) in [5.74, 6) is 0.585. The van der Waals surface area contributed by atoms with Crippen molar-refractivity contribution >= 4 is 15.9 Å². The molecule has 0 spiro atoms. The van der Waals surface area contributed by atoms with Crippen LogP contribution in [0.4, 0.5) is 0 Å². The Hall–Kier alpha value is -0.280. The quantitative estimate of drug-likeness (QED) is 0.737. The van der Waals surface area contributed by atoms with Gasteiger partial charge in [-0.15, -0.1) is 0 Å². The summed E-state index contributed by atoms with van der Waals surface area (Å²) in [6, 6.07) is 3.48. The second-order valence-corrected chi connectivity index (χ2v) is 2.60. The van der Waals surface area contributed by atoms with E-state index in [1.54, 1.807) is 19.1 Å². The van der Waals surface area contributed by atoms with Gasteiger partial charge in [-0.05, 0) is 35.0 Å². The first-order chi connectivity index (χ1) is 4.20. The molecule has 0 fully saturated rings. The van der Waals surface area contributed by atoms with Crippen LogP contribution in [0.2, 0.25) is 0 Å². The summed E-state index contributed by atoms with van der Waals surface area (Å²) in [6.45, 7) is 1.66. The molecule has 1 atom stereocenters. The summed E-state index contributed by atoms with van der Waals surface area (Å²) in [6.07, 6.45) is -0.517. The fourth-order valence-corrected chi connectivity index (χ4v) is 0.872. The third kappa shape index (κ3) is 1.56. The molecule has 1 N–H and O–H groups in total. The highest BCUT2D eigenvalue weighted by Crippen LogP contribution is 2.19. The van der Waals surface area contributed by atoms with E-state index in [-0.39, 0.29) is 0 Å². The number of rotatable bonds is 1. The van der Waals surface area contributed by atoms with Crippen molar-refractivity contribution in [3.05, 3.63) is 22.6 Å². The summed E-state index contributed by atoms with van der Waals surface area (Å²) in [5.41, 5.74) is 0. The minimum absolute atomic E-state index is 0.517. The molecule has 1 heterocycles. The molecule has 3 heteroatoms. The maximum absolute atomic E-state index is 8.92. The highest BCUT2D eigenvalue weighted by molar-refractivity contribution is 9.10. The number of aliphatic hydroxyl groups is 1. The van der Waals surface area contributed by atoms with Crippen LogP contribution >= 0.6 is 15.9 Å². The number of hydrogen-bond donors (Lipinski definition) is 1. The van der Waals surface area contributed by atoms with Crippen molar-refractivity contribution in [1.82, 2.24) is 0 Å². The molecule has 0 aromatic carbocycles. The highest BCUT2D eigenvalue weighted by atomic mass is 79.9. The smallest absolute Gasteiger partial charge is 0.169 e. The van der Waals surface area contributed by atoms with Crippen molar-refractivity contribution < 1.29 is 9.52 Å². The Morgan fingerprint density at radius 2 is 2.33 bits per heavy atom. The molecule has 50 valence electrons. The molecule has 0 unspecified atom stereocenters. The van der Waals surface area contributed by atoms with Crippen molar-refractivity contribution in [3.8, 4) is 0 Å². The first-order valence-electron chi connectivity index (χ1n) is 2.63. The largest absolute Gasteiger partial charge is 0.452 e.